The van der Waals surface area contributed by atoms with Gasteiger partial charge >= 0.3 is 11.9 Å². The fraction of sp³-hybridized carbons (Fsp3) is 0.857. The zero-order valence-electron chi connectivity index (χ0n) is 13.2. The van der Waals surface area contributed by atoms with E-state index in [1.807, 2.05) is 20.9 Å². The second-order valence-corrected chi connectivity index (χ2v) is 5.11. The van der Waals surface area contributed by atoms with Gasteiger partial charge in [0.05, 0.1) is 40.3 Å². The lowest BCUT2D eigenvalue weighted by molar-refractivity contribution is -0.899. The molecule has 1 N–H and O–H groups in total. The number of rotatable bonds is 11. The molecule has 0 rings (SSSR count). The SMILES string of the molecule is CCCOC(=O)CCNCC[N+](C)(CC)CC(=O)OC. The van der Waals surface area contributed by atoms with E-state index >= 15 is 0 Å². The van der Waals surface area contributed by atoms with E-state index in [2.05, 4.69) is 5.32 Å². The summed E-state index contributed by atoms with van der Waals surface area (Å²) in [6.45, 7) is 7.90. The molecule has 0 radical (unpaired) electrons. The Morgan fingerprint density at radius 1 is 1.15 bits per heavy atom. The largest absolute Gasteiger partial charge is 0.466 e. The van der Waals surface area contributed by atoms with Crippen molar-refractivity contribution in [2.24, 2.45) is 0 Å². The van der Waals surface area contributed by atoms with Crippen LogP contribution in [0.15, 0.2) is 0 Å². The molecule has 0 aromatic carbocycles. The quantitative estimate of drug-likeness (QED) is 0.342. The molecule has 0 aliphatic rings. The molecule has 0 fully saturated rings. The fourth-order valence-electron chi connectivity index (χ4n) is 1.68. The third-order valence-corrected chi connectivity index (χ3v) is 3.30. The van der Waals surface area contributed by atoms with Crippen molar-refractivity contribution in [1.29, 1.82) is 0 Å². The maximum atomic E-state index is 11.3. The minimum Gasteiger partial charge on any atom is -0.466 e. The van der Waals surface area contributed by atoms with Crippen molar-refractivity contribution in [3.63, 3.8) is 0 Å². The fourth-order valence-corrected chi connectivity index (χ4v) is 1.68. The summed E-state index contributed by atoms with van der Waals surface area (Å²) in [7, 11) is 3.43. The van der Waals surface area contributed by atoms with Crippen molar-refractivity contribution in [3.8, 4) is 0 Å². The van der Waals surface area contributed by atoms with Gasteiger partial charge in [0.15, 0.2) is 6.54 Å². The summed E-state index contributed by atoms with van der Waals surface area (Å²) < 4.78 is 10.3. The van der Waals surface area contributed by atoms with Gasteiger partial charge in [0.25, 0.3) is 0 Å². The zero-order chi connectivity index (χ0) is 15.4. The number of carbonyl (C=O) groups is 2. The predicted octanol–water partition coefficient (Wildman–Crippen LogP) is 0.559. The molecule has 0 bridgehead atoms. The molecule has 6 nitrogen and oxygen atoms in total. The molecule has 0 spiro atoms. The Bertz CT molecular complexity index is 297. The summed E-state index contributed by atoms with van der Waals surface area (Å²) in [5, 5.41) is 3.21. The number of likely N-dealkylation sites (N-methyl/N-ethyl adjacent to an activating group) is 1. The Morgan fingerprint density at radius 2 is 1.85 bits per heavy atom. The van der Waals surface area contributed by atoms with E-state index < -0.39 is 0 Å². The van der Waals surface area contributed by atoms with Crippen LogP contribution in [0.25, 0.3) is 0 Å². The molecule has 1 unspecified atom stereocenters. The van der Waals surface area contributed by atoms with E-state index in [-0.39, 0.29) is 11.9 Å². The molecule has 0 aromatic rings. The number of hydrogen-bond acceptors (Lipinski definition) is 5. The second kappa shape index (κ2) is 10.6. The van der Waals surface area contributed by atoms with E-state index in [9.17, 15) is 9.59 Å². The summed E-state index contributed by atoms with van der Waals surface area (Å²) in [4.78, 5) is 22.6. The first-order valence-electron chi connectivity index (χ1n) is 7.24. The summed E-state index contributed by atoms with van der Waals surface area (Å²) in [5.41, 5.74) is 0. The van der Waals surface area contributed by atoms with Crippen LogP contribution in [0.3, 0.4) is 0 Å². The average Bonchev–Trinajstić information content (AvgIpc) is 2.44. The molecule has 20 heavy (non-hydrogen) atoms. The minimum atomic E-state index is -0.197. The highest BCUT2D eigenvalue weighted by molar-refractivity contribution is 5.70. The number of nitrogens with zero attached hydrogens (tertiary/aromatic N) is 1. The molecule has 0 saturated carbocycles. The van der Waals surface area contributed by atoms with Crippen molar-refractivity contribution in [2.75, 3.05) is 53.5 Å². The van der Waals surface area contributed by atoms with Crippen LogP contribution in [0.4, 0.5) is 0 Å². The van der Waals surface area contributed by atoms with Crippen LogP contribution in [-0.2, 0) is 19.1 Å². The van der Waals surface area contributed by atoms with Gasteiger partial charge in [-0.05, 0) is 13.3 Å². The molecule has 1 atom stereocenters. The number of quaternary nitrogens is 1. The highest BCUT2D eigenvalue weighted by Gasteiger charge is 2.23. The maximum absolute atomic E-state index is 11.3. The van der Waals surface area contributed by atoms with Gasteiger partial charge in [0.2, 0.25) is 0 Å². The van der Waals surface area contributed by atoms with Crippen LogP contribution < -0.4 is 5.32 Å². The molecule has 0 aliphatic heterocycles. The first-order chi connectivity index (χ1) is 9.47. The van der Waals surface area contributed by atoms with Gasteiger partial charge in [-0.1, -0.05) is 6.92 Å². The van der Waals surface area contributed by atoms with Crippen LogP contribution in [-0.4, -0.2) is 69.9 Å². The minimum absolute atomic E-state index is 0.165. The van der Waals surface area contributed by atoms with Gasteiger partial charge in [0, 0.05) is 13.1 Å². The number of hydrogen-bond donors (Lipinski definition) is 1. The molecule has 0 amide bonds. The van der Waals surface area contributed by atoms with Gasteiger partial charge in [-0.2, -0.15) is 0 Å². The van der Waals surface area contributed by atoms with Crippen molar-refractivity contribution in [1.82, 2.24) is 5.32 Å². The van der Waals surface area contributed by atoms with Gasteiger partial charge in [0.1, 0.15) is 0 Å². The third-order valence-electron chi connectivity index (χ3n) is 3.30. The first-order valence-corrected chi connectivity index (χ1v) is 7.24. The molecule has 0 saturated heterocycles. The van der Waals surface area contributed by atoms with Crippen LogP contribution >= 0.6 is 0 Å². The van der Waals surface area contributed by atoms with Crippen molar-refractivity contribution >= 4 is 11.9 Å². The van der Waals surface area contributed by atoms with E-state index in [0.29, 0.717) is 30.6 Å². The van der Waals surface area contributed by atoms with Gasteiger partial charge in [-0.3, -0.25) is 4.79 Å². The highest BCUT2D eigenvalue weighted by Crippen LogP contribution is 2.01. The van der Waals surface area contributed by atoms with Crippen LogP contribution in [0.1, 0.15) is 26.7 Å². The van der Waals surface area contributed by atoms with Crippen LogP contribution in [0, 0.1) is 0 Å². The normalized spacial score (nSPS) is 13.6. The van der Waals surface area contributed by atoms with Gasteiger partial charge in [-0.15, -0.1) is 0 Å². The van der Waals surface area contributed by atoms with Gasteiger partial charge < -0.3 is 19.3 Å². The molecular formula is C14H29N2O4+. The molecular weight excluding hydrogens is 260 g/mol. The smallest absolute Gasteiger partial charge is 0.361 e. The number of methoxy groups -OCH3 is 1. The summed E-state index contributed by atoms with van der Waals surface area (Å²) in [6.07, 6.45) is 1.23. The predicted molar refractivity (Wildman–Crippen MR) is 77.2 cm³/mol. The molecule has 0 aromatic heterocycles. The van der Waals surface area contributed by atoms with Crippen molar-refractivity contribution < 1.29 is 23.5 Å². The summed E-state index contributed by atoms with van der Waals surface area (Å²) >= 11 is 0. The summed E-state index contributed by atoms with van der Waals surface area (Å²) in [5.74, 6) is -0.362. The second-order valence-electron chi connectivity index (χ2n) is 5.11. The number of carbonyl (C=O) groups excluding carboxylic acids is 2. The topological polar surface area (TPSA) is 64.6 Å². The third kappa shape index (κ3) is 8.87. The highest BCUT2D eigenvalue weighted by atomic mass is 16.5. The Balaban J connectivity index is 3.80. The number of esters is 2. The van der Waals surface area contributed by atoms with E-state index in [4.69, 9.17) is 9.47 Å². The Labute approximate surface area is 122 Å². The first kappa shape index (κ1) is 18.9. The molecule has 0 heterocycles. The standard InChI is InChI=1S/C14H29N2O4/c1-5-11-20-13(17)7-8-15-9-10-16(3,6-2)12-14(18)19-4/h15H,5-12H2,1-4H3/q+1. The lowest BCUT2D eigenvalue weighted by atomic mass is 10.3. The molecule has 6 heteroatoms. The molecule has 0 aliphatic carbocycles. The van der Waals surface area contributed by atoms with E-state index in [1.54, 1.807) is 0 Å². The average molecular weight is 289 g/mol. The molecule has 118 valence electrons. The number of nitrogens with one attached hydrogen (secondary N) is 1. The van der Waals surface area contributed by atoms with Crippen molar-refractivity contribution in [3.05, 3.63) is 0 Å². The van der Waals surface area contributed by atoms with E-state index in [0.717, 1.165) is 26.1 Å². The Kier molecular flexibility index (Phi) is 10.0. The maximum Gasteiger partial charge on any atom is 0.361 e. The Hall–Kier alpha value is -1.14. The lowest BCUT2D eigenvalue weighted by Gasteiger charge is -2.32. The zero-order valence-corrected chi connectivity index (χ0v) is 13.2. The Morgan fingerprint density at radius 3 is 2.40 bits per heavy atom. The lowest BCUT2D eigenvalue weighted by Crippen LogP contribution is -2.51. The van der Waals surface area contributed by atoms with E-state index in [1.165, 1.54) is 7.11 Å². The summed E-state index contributed by atoms with van der Waals surface area (Å²) in [6, 6.07) is 0. The van der Waals surface area contributed by atoms with Crippen LogP contribution in [0.2, 0.25) is 0 Å². The van der Waals surface area contributed by atoms with Gasteiger partial charge in [-0.25, -0.2) is 4.79 Å². The monoisotopic (exact) mass is 289 g/mol. The van der Waals surface area contributed by atoms with Crippen LogP contribution in [0.5, 0.6) is 0 Å². The number of ether oxygens (including phenoxy) is 2. The van der Waals surface area contributed by atoms with Crippen molar-refractivity contribution in [2.45, 2.75) is 26.7 Å².